The molecule has 2 rings (SSSR count). The highest BCUT2D eigenvalue weighted by Crippen LogP contribution is 2.31. The average Bonchev–Trinajstić information content (AvgIpc) is 3.30. The smallest absolute Gasteiger partial charge is 0.242 e. The Hall–Kier alpha value is -1.39. The van der Waals surface area contributed by atoms with Crippen LogP contribution in [0.1, 0.15) is 31.4 Å². The van der Waals surface area contributed by atoms with E-state index < -0.39 is 0 Å². The molecule has 0 saturated heterocycles. The van der Waals surface area contributed by atoms with Gasteiger partial charge in [-0.05, 0) is 37.9 Å². The summed E-state index contributed by atoms with van der Waals surface area (Å²) in [5.41, 5.74) is 7.07. The molecule has 1 saturated carbocycles. The normalized spacial score (nSPS) is 17.8. The van der Waals surface area contributed by atoms with Gasteiger partial charge in [0.15, 0.2) is 0 Å². The number of benzene rings is 1. The molecule has 1 aliphatic rings. The zero-order chi connectivity index (χ0) is 14.5. The summed E-state index contributed by atoms with van der Waals surface area (Å²) in [4.78, 5) is 14.5. The zero-order valence-electron chi connectivity index (χ0n) is 12.4. The lowest BCUT2D eigenvalue weighted by atomic mass is 10.0. The summed E-state index contributed by atoms with van der Waals surface area (Å²) in [5, 5.41) is 3.01. The van der Waals surface area contributed by atoms with Crippen molar-refractivity contribution in [1.82, 2.24) is 10.2 Å². The fourth-order valence-corrected chi connectivity index (χ4v) is 2.43. The number of hydrogen-bond donors (Lipinski definition) is 2. The molecule has 0 aliphatic heterocycles. The summed E-state index contributed by atoms with van der Waals surface area (Å²) in [7, 11) is 1.97. The first kappa shape index (κ1) is 15.0. The lowest BCUT2D eigenvalue weighted by Gasteiger charge is -2.27. The first-order chi connectivity index (χ1) is 9.63. The minimum atomic E-state index is -0.243. The number of hydrogen-bond acceptors (Lipinski definition) is 3. The third-order valence-corrected chi connectivity index (χ3v) is 4.04. The molecular formula is C16H25N3O. The molecule has 20 heavy (non-hydrogen) atoms. The van der Waals surface area contributed by atoms with Crippen LogP contribution in [-0.2, 0) is 4.79 Å². The molecule has 0 heterocycles. The fourth-order valence-electron chi connectivity index (χ4n) is 2.43. The second kappa shape index (κ2) is 6.86. The van der Waals surface area contributed by atoms with Crippen molar-refractivity contribution >= 4 is 5.91 Å². The maximum absolute atomic E-state index is 12.5. The largest absolute Gasteiger partial charge is 0.353 e. The van der Waals surface area contributed by atoms with Crippen LogP contribution in [0.3, 0.4) is 0 Å². The maximum Gasteiger partial charge on any atom is 0.242 e. The van der Waals surface area contributed by atoms with E-state index >= 15 is 0 Å². The molecule has 2 unspecified atom stereocenters. The molecule has 3 N–H and O–H groups in total. The molecule has 1 fully saturated rings. The number of rotatable bonds is 7. The minimum Gasteiger partial charge on any atom is -0.353 e. The molecule has 0 radical (unpaired) electrons. The molecule has 0 bridgehead atoms. The minimum absolute atomic E-state index is 0.0386. The van der Waals surface area contributed by atoms with E-state index in [0.717, 1.165) is 12.1 Å². The first-order valence-corrected chi connectivity index (χ1v) is 7.42. The van der Waals surface area contributed by atoms with Gasteiger partial charge in [0.05, 0.1) is 0 Å². The summed E-state index contributed by atoms with van der Waals surface area (Å²) in [5.74, 6) is 0.644. The van der Waals surface area contributed by atoms with Crippen LogP contribution >= 0.6 is 0 Å². The predicted octanol–water partition coefficient (Wildman–Crippen LogP) is 1.53. The Morgan fingerprint density at radius 2 is 2.05 bits per heavy atom. The fraction of sp³-hybridized carbons (Fsp3) is 0.562. The van der Waals surface area contributed by atoms with Gasteiger partial charge in [0.25, 0.3) is 0 Å². The van der Waals surface area contributed by atoms with Gasteiger partial charge in [0, 0.05) is 12.6 Å². The highest BCUT2D eigenvalue weighted by Gasteiger charge is 2.30. The molecule has 0 spiro atoms. The van der Waals surface area contributed by atoms with Crippen LogP contribution in [0.5, 0.6) is 0 Å². The summed E-state index contributed by atoms with van der Waals surface area (Å²) in [6.07, 6.45) is 2.40. The Labute approximate surface area is 121 Å². The van der Waals surface area contributed by atoms with E-state index in [1.807, 2.05) is 42.3 Å². The molecule has 4 nitrogen and oxygen atoms in total. The average molecular weight is 275 g/mol. The summed E-state index contributed by atoms with van der Waals surface area (Å²) < 4.78 is 0. The highest BCUT2D eigenvalue weighted by atomic mass is 16.2. The number of carbonyl (C=O) groups excluding carboxylic acids is 1. The van der Waals surface area contributed by atoms with Crippen LogP contribution < -0.4 is 11.1 Å². The van der Waals surface area contributed by atoms with Crippen LogP contribution in [-0.4, -0.2) is 37.0 Å². The van der Waals surface area contributed by atoms with Gasteiger partial charge in [-0.15, -0.1) is 0 Å². The van der Waals surface area contributed by atoms with Crippen molar-refractivity contribution in [1.29, 1.82) is 0 Å². The van der Waals surface area contributed by atoms with E-state index in [0.29, 0.717) is 12.5 Å². The summed E-state index contributed by atoms with van der Waals surface area (Å²) >= 11 is 0. The van der Waals surface area contributed by atoms with Crippen LogP contribution in [0.4, 0.5) is 0 Å². The van der Waals surface area contributed by atoms with Crippen LogP contribution in [0, 0.1) is 5.92 Å². The van der Waals surface area contributed by atoms with Gasteiger partial charge in [-0.1, -0.05) is 37.3 Å². The van der Waals surface area contributed by atoms with Gasteiger partial charge in [0.1, 0.15) is 6.04 Å². The van der Waals surface area contributed by atoms with Crippen molar-refractivity contribution < 1.29 is 4.79 Å². The Morgan fingerprint density at radius 1 is 1.40 bits per heavy atom. The molecule has 0 aromatic heterocycles. The standard InChI is InChI=1S/C16H25N3O/c1-3-19(2)15(13-7-5-4-6-8-13)16(20)18-11-14(17)12-9-10-12/h4-8,12,14-15H,3,9-11,17H2,1-2H3,(H,18,20). The van der Waals surface area contributed by atoms with Crippen molar-refractivity contribution in [2.75, 3.05) is 20.1 Å². The third-order valence-electron chi connectivity index (χ3n) is 4.04. The van der Waals surface area contributed by atoms with E-state index in [2.05, 4.69) is 12.2 Å². The Kier molecular flexibility index (Phi) is 5.15. The van der Waals surface area contributed by atoms with E-state index in [1.165, 1.54) is 12.8 Å². The lowest BCUT2D eigenvalue weighted by molar-refractivity contribution is -0.126. The second-order valence-corrected chi connectivity index (χ2v) is 5.63. The number of amides is 1. The molecule has 1 amide bonds. The van der Waals surface area contributed by atoms with E-state index in [9.17, 15) is 4.79 Å². The van der Waals surface area contributed by atoms with Crippen molar-refractivity contribution in [3.05, 3.63) is 35.9 Å². The van der Waals surface area contributed by atoms with Gasteiger partial charge < -0.3 is 11.1 Å². The first-order valence-electron chi connectivity index (χ1n) is 7.42. The molecular weight excluding hydrogens is 250 g/mol. The third kappa shape index (κ3) is 3.81. The Morgan fingerprint density at radius 3 is 2.60 bits per heavy atom. The van der Waals surface area contributed by atoms with E-state index in [4.69, 9.17) is 5.73 Å². The van der Waals surface area contributed by atoms with Crippen molar-refractivity contribution in [3.63, 3.8) is 0 Å². The van der Waals surface area contributed by atoms with Crippen LogP contribution in [0.2, 0.25) is 0 Å². The van der Waals surface area contributed by atoms with Crippen molar-refractivity contribution in [2.45, 2.75) is 31.8 Å². The van der Waals surface area contributed by atoms with E-state index in [-0.39, 0.29) is 18.0 Å². The molecule has 1 aromatic carbocycles. The van der Waals surface area contributed by atoms with Gasteiger partial charge >= 0.3 is 0 Å². The predicted molar refractivity (Wildman–Crippen MR) is 81.2 cm³/mol. The molecule has 1 aliphatic carbocycles. The summed E-state index contributed by atoms with van der Waals surface area (Å²) in [6, 6.07) is 9.75. The van der Waals surface area contributed by atoms with Crippen molar-refractivity contribution in [3.8, 4) is 0 Å². The zero-order valence-corrected chi connectivity index (χ0v) is 12.4. The molecule has 2 atom stereocenters. The Bertz CT molecular complexity index is 431. The highest BCUT2D eigenvalue weighted by molar-refractivity contribution is 5.83. The number of carbonyl (C=O) groups is 1. The second-order valence-electron chi connectivity index (χ2n) is 5.63. The lowest BCUT2D eigenvalue weighted by Crippen LogP contribution is -2.44. The van der Waals surface area contributed by atoms with Gasteiger partial charge in [-0.25, -0.2) is 0 Å². The monoisotopic (exact) mass is 275 g/mol. The van der Waals surface area contributed by atoms with Gasteiger partial charge in [0.2, 0.25) is 5.91 Å². The topological polar surface area (TPSA) is 58.4 Å². The maximum atomic E-state index is 12.5. The van der Waals surface area contributed by atoms with Gasteiger partial charge in [-0.2, -0.15) is 0 Å². The number of likely N-dealkylation sites (N-methyl/N-ethyl adjacent to an activating group) is 1. The molecule has 110 valence electrons. The molecule has 1 aromatic rings. The number of nitrogens with two attached hydrogens (primary N) is 1. The van der Waals surface area contributed by atoms with Gasteiger partial charge in [-0.3, -0.25) is 9.69 Å². The number of nitrogens with zero attached hydrogens (tertiary/aromatic N) is 1. The van der Waals surface area contributed by atoms with Crippen LogP contribution in [0.15, 0.2) is 30.3 Å². The van der Waals surface area contributed by atoms with Crippen LogP contribution in [0.25, 0.3) is 0 Å². The molecule has 4 heteroatoms. The number of nitrogens with one attached hydrogen (secondary N) is 1. The summed E-state index contributed by atoms with van der Waals surface area (Å²) in [6.45, 7) is 3.45. The van der Waals surface area contributed by atoms with Crippen molar-refractivity contribution in [2.24, 2.45) is 11.7 Å². The van der Waals surface area contributed by atoms with E-state index in [1.54, 1.807) is 0 Å². The quantitative estimate of drug-likeness (QED) is 0.793. The SMILES string of the molecule is CCN(C)C(C(=O)NCC(N)C1CC1)c1ccccc1. The Balaban J connectivity index is 2.00.